The number of Topliss-reactive ketones (excluding diaryl/α,β-unsaturated/α-hetero) is 3. The van der Waals surface area contributed by atoms with Gasteiger partial charge in [-0.3, -0.25) is 28.8 Å². The van der Waals surface area contributed by atoms with Gasteiger partial charge in [-0.15, -0.1) is 0 Å². The Morgan fingerprint density at radius 2 is 1.00 bits per heavy atom. The third kappa shape index (κ3) is 13.6. The lowest BCUT2D eigenvalue weighted by molar-refractivity contribution is -0.126. The van der Waals surface area contributed by atoms with E-state index >= 15 is 0 Å². The third-order valence-electron chi connectivity index (χ3n) is 4.97. The van der Waals surface area contributed by atoms with Crippen LogP contribution >= 0.6 is 0 Å². The lowest BCUT2D eigenvalue weighted by Gasteiger charge is -2.25. The summed E-state index contributed by atoms with van der Waals surface area (Å²) in [6, 6.07) is 0. The molecule has 32 heavy (non-hydrogen) atoms. The molecule has 0 heterocycles. The van der Waals surface area contributed by atoms with Crippen molar-refractivity contribution in [2.45, 2.75) is 39.0 Å². The van der Waals surface area contributed by atoms with Crippen LogP contribution in [0.3, 0.4) is 0 Å². The molecule has 0 aromatic carbocycles. The van der Waals surface area contributed by atoms with Crippen molar-refractivity contribution in [2.75, 3.05) is 39.3 Å². The summed E-state index contributed by atoms with van der Waals surface area (Å²) in [4.78, 5) is 70.5. The Balaban J connectivity index is 5.05. The van der Waals surface area contributed by atoms with Gasteiger partial charge in [0.2, 0.25) is 17.7 Å². The third-order valence-corrected chi connectivity index (χ3v) is 4.97. The van der Waals surface area contributed by atoms with E-state index in [1.54, 1.807) is 0 Å². The molecule has 0 saturated carbocycles. The Kier molecular flexibility index (Phi) is 15.5. The maximum Gasteiger partial charge on any atom is 0.234 e. The molecule has 0 rings (SSSR count). The quantitative estimate of drug-likeness (QED) is 0.125. The van der Waals surface area contributed by atoms with E-state index in [1.165, 1.54) is 0 Å². The van der Waals surface area contributed by atoms with Crippen molar-refractivity contribution in [1.29, 1.82) is 0 Å². The summed E-state index contributed by atoms with van der Waals surface area (Å²) >= 11 is 0. The lowest BCUT2D eigenvalue weighted by Crippen LogP contribution is -2.37. The van der Waals surface area contributed by atoms with Gasteiger partial charge in [-0.1, -0.05) is 13.3 Å². The van der Waals surface area contributed by atoms with Crippen molar-refractivity contribution in [3.8, 4) is 0 Å². The first-order chi connectivity index (χ1) is 15.2. The molecule has 2 unspecified atom stereocenters. The number of hydrogen-bond donors (Lipinski definition) is 6. The van der Waals surface area contributed by atoms with Crippen LogP contribution in [0.1, 0.15) is 39.0 Å². The number of hydrogen-bond acceptors (Lipinski definition) is 9. The summed E-state index contributed by atoms with van der Waals surface area (Å²) in [5.74, 6) is -2.55. The molecule has 3 amide bonds. The van der Waals surface area contributed by atoms with E-state index in [0.29, 0.717) is 12.8 Å². The van der Waals surface area contributed by atoms with E-state index in [0.717, 1.165) is 0 Å². The minimum Gasteiger partial charge on any atom is -0.348 e. The van der Waals surface area contributed by atoms with Crippen molar-refractivity contribution < 1.29 is 28.8 Å². The van der Waals surface area contributed by atoms with Crippen molar-refractivity contribution in [3.05, 3.63) is 0 Å². The molecule has 0 fully saturated rings. The van der Waals surface area contributed by atoms with Gasteiger partial charge in [-0.2, -0.15) is 0 Å². The second kappa shape index (κ2) is 16.9. The Bertz CT molecular complexity index is 669. The Morgan fingerprint density at radius 3 is 1.38 bits per heavy atom. The van der Waals surface area contributed by atoms with Crippen molar-refractivity contribution in [3.63, 3.8) is 0 Å². The molecule has 0 aliphatic carbocycles. The van der Waals surface area contributed by atoms with Crippen LogP contribution in [0, 0.1) is 11.8 Å². The van der Waals surface area contributed by atoms with Gasteiger partial charge >= 0.3 is 0 Å². The average Bonchev–Trinajstić information content (AvgIpc) is 2.80. The fraction of sp³-hybridized carbons (Fsp3) is 0.700. The van der Waals surface area contributed by atoms with Gasteiger partial charge in [0.05, 0.1) is 39.3 Å². The molecule has 0 aliphatic heterocycles. The van der Waals surface area contributed by atoms with Gasteiger partial charge in [0.15, 0.2) is 17.3 Å². The Morgan fingerprint density at radius 1 is 0.625 bits per heavy atom. The SMILES string of the molecule is CCC(CC(=O)CNC(=O)CN)C(CCC(=O)CNC(=O)CN)CC(=O)CNC(=O)CN. The topological polar surface area (TPSA) is 217 Å². The number of rotatable bonds is 18. The Labute approximate surface area is 187 Å². The zero-order chi connectivity index (χ0) is 24.5. The highest BCUT2D eigenvalue weighted by Gasteiger charge is 2.26. The average molecular weight is 457 g/mol. The first kappa shape index (κ1) is 29.3. The number of nitrogens with two attached hydrogens (primary N) is 3. The highest BCUT2D eigenvalue weighted by atomic mass is 16.2. The molecular formula is C20H36N6O6. The molecule has 12 heteroatoms. The van der Waals surface area contributed by atoms with Crippen LogP contribution in [-0.4, -0.2) is 74.3 Å². The largest absolute Gasteiger partial charge is 0.348 e. The molecular weight excluding hydrogens is 420 g/mol. The molecule has 0 spiro atoms. The van der Waals surface area contributed by atoms with Crippen LogP contribution in [0.2, 0.25) is 0 Å². The second-order valence-electron chi connectivity index (χ2n) is 7.43. The lowest BCUT2D eigenvalue weighted by atomic mass is 9.79. The first-order valence-corrected chi connectivity index (χ1v) is 10.6. The van der Waals surface area contributed by atoms with Gasteiger partial charge in [0, 0.05) is 19.3 Å². The minimum absolute atomic E-state index is 0.0637. The molecule has 0 aliphatic rings. The highest BCUT2D eigenvalue weighted by Crippen LogP contribution is 2.28. The molecule has 0 aromatic rings. The maximum absolute atomic E-state index is 12.4. The van der Waals surface area contributed by atoms with E-state index in [4.69, 9.17) is 17.2 Å². The highest BCUT2D eigenvalue weighted by molar-refractivity contribution is 5.88. The van der Waals surface area contributed by atoms with Crippen molar-refractivity contribution in [1.82, 2.24) is 16.0 Å². The predicted octanol–water partition coefficient (Wildman–Crippen LogP) is -2.88. The summed E-state index contributed by atoms with van der Waals surface area (Å²) in [7, 11) is 0. The Hall–Kier alpha value is -2.70. The fourth-order valence-corrected chi connectivity index (χ4v) is 3.12. The first-order valence-electron chi connectivity index (χ1n) is 10.6. The minimum atomic E-state index is -0.460. The van der Waals surface area contributed by atoms with Crippen LogP contribution in [0.25, 0.3) is 0 Å². The number of amides is 3. The van der Waals surface area contributed by atoms with Crippen molar-refractivity contribution >= 4 is 35.1 Å². The van der Waals surface area contributed by atoms with Crippen LogP contribution in [-0.2, 0) is 28.8 Å². The van der Waals surface area contributed by atoms with Gasteiger partial charge < -0.3 is 33.2 Å². The van der Waals surface area contributed by atoms with E-state index < -0.39 is 17.7 Å². The summed E-state index contributed by atoms with van der Waals surface area (Å²) in [5.41, 5.74) is 15.6. The van der Waals surface area contributed by atoms with Crippen LogP contribution in [0.4, 0.5) is 0 Å². The van der Waals surface area contributed by atoms with E-state index in [9.17, 15) is 28.8 Å². The zero-order valence-corrected chi connectivity index (χ0v) is 18.6. The maximum atomic E-state index is 12.4. The van der Waals surface area contributed by atoms with Crippen LogP contribution < -0.4 is 33.2 Å². The normalized spacial score (nSPS) is 12.4. The summed E-state index contributed by atoms with van der Waals surface area (Å²) in [6.45, 7) is 0.671. The number of carbonyl (C=O) groups excluding carboxylic acids is 6. The summed E-state index contributed by atoms with van der Waals surface area (Å²) in [5, 5.41) is 7.23. The smallest absolute Gasteiger partial charge is 0.234 e. The zero-order valence-electron chi connectivity index (χ0n) is 18.6. The van der Waals surface area contributed by atoms with Gasteiger partial charge in [-0.05, 0) is 18.3 Å². The summed E-state index contributed by atoms with van der Waals surface area (Å²) in [6.07, 6.45) is 1.18. The fourth-order valence-electron chi connectivity index (χ4n) is 3.12. The summed E-state index contributed by atoms with van der Waals surface area (Å²) < 4.78 is 0. The molecule has 0 aromatic heterocycles. The van der Waals surface area contributed by atoms with Gasteiger partial charge in [-0.25, -0.2) is 0 Å². The molecule has 0 radical (unpaired) electrons. The van der Waals surface area contributed by atoms with Crippen molar-refractivity contribution in [2.24, 2.45) is 29.0 Å². The molecule has 12 nitrogen and oxygen atoms in total. The molecule has 182 valence electrons. The van der Waals surface area contributed by atoms with E-state index in [1.807, 2.05) is 6.92 Å². The standard InChI is InChI=1S/C20H36N6O6/c1-2-13(5-16(28)11-25-19(31)8-22)14(6-17(29)12-26-20(32)9-23)3-4-15(27)10-24-18(30)7-21/h13-14H,2-12,21-23H2,1H3,(H,24,30)(H,25,31)(H,26,32). The number of ketones is 3. The number of carbonyl (C=O) groups is 6. The monoisotopic (exact) mass is 456 g/mol. The molecule has 0 saturated heterocycles. The van der Waals surface area contributed by atoms with Crippen LogP contribution in [0.15, 0.2) is 0 Å². The molecule has 9 N–H and O–H groups in total. The van der Waals surface area contributed by atoms with E-state index in [-0.39, 0.29) is 87.7 Å². The molecule has 0 bridgehead atoms. The number of nitrogens with one attached hydrogen (secondary N) is 3. The predicted molar refractivity (Wildman–Crippen MR) is 117 cm³/mol. The second-order valence-corrected chi connectivity index (χ2v) is 7.43. The van der Waals surface area contributed by atoms with Crippen LogP contribution in [0.5, 0.6) is 0 Å². The van der Waals surface area contributed by atoms with E-state index in [2.05, 4.69) is 16.0 Å². The molecule has 2 atom stereocenters. The van der Waals surface area contributed by atoms with Gasteiger partial charge in [0.25, 0.3) is 0 Å². The van der Waals surface area contributed by atoms with Gasteiger partial charge in [0.1, 0.15) is 0 Å².